The van der Waals surface area contributed by atoms with Crippen molar-refractivity contribution < 1.29 is 19.4 Å². The van der Waals surface area contributed by atoms with Crippen molar-refractivity contribution in [3.63, 3.8) is 0 Å². The van der Waals surface area contributed by atoms with Crippen molar-refractivity contribution in [1.29, 1.82) is 0 Å². The largest absolute Gasteiger partial charge is 0.502 e. The van der Waals surface area contributed by atoms with Crippen LogP contribution in [0.5, 0.6) is 11.5 Å². The molecule has 0 aliphatic carbocycles. The van der Waals surface area contributed by atoms with E-state index in [-0.39, 0.29) is 17.4 Å². The molecule has 0 unspecified atom stereocenters. The molecule has 0 aliphatic rings. The van der Waals surface area contributed by atoms with Gasteiger partial charge in [0, 0.05) is 12.5 Å². The highest BCUT2D eigenvalue weighted by Crippen LogP contribution is 2.44. The third-order valence-corrected chi connectivity index (χ3v) is 2.18. The fourth-order valence-electron chi connectivity index (χ4n) is 1.44. The van der Waals surface area contributed by atoms with E-state index in [0.717, 1.165) is 0 Å². The van der Waals surface area contributed by atoms with E-state index in [2.05, 4.69) is 5.32 Å². The van der Waals surface area contributed by atoms with E-state index in [4.69, 9.17) is 4.42 Å². The molecule has 0 aliphatic heterocycles. The molecule has 0 spiro atoms. The first kappa shape index (κ1) is 11.1. The van der Waals surface area contributed by atoms with Crippen molar-refractivity contribution in [2.45, 2.75) is 6.92 Å². The van der Waals surface area contributed by atoms with E-state index in [1.807, 2.05) is 6.07 Å². The molecule has 17 heavy (non-hydrogen) atoms. The molecule has 0 saturated carbocycles. The molecule has 3 N–H and O–H groups in total. The predicted molar refractivity (Wildman–Crippen MR) is 61.8 cm³/mol. The van der Waals surface area contributed by atoms with Gasteiger partial charge in [-0.25, -0.2) is 0 Å². The van der Waals surface area contributed by atoms with Gasteiger partial charge in [-0.1, -0.05) is 30.3 Å². The number of hydrogen-bond acceptors (Lipinski definition) is 4. The Hall–Kier alpha value is -2.43. The number of carbonyl (C=O) groups is 1. The van der Waals surface area contributed by atoms with Crippen molar-refractivity contribution in [2.24, 2.45) is 0 Å². The van der Waals surface area contributed by atoms with E-state index in [1.165, 1.54) is 6.92 Å². The van der Waals surface area contributed by atoms with Gasteiger partial charge in [0.1, 0.15) is 0 Å². The van der Waals surface area contributed by atoms with E-state index in [1.54, 1.807) is 24.3 Å². The number of nitrogens with one attached hydrogen (secondary N) is 1. The standard InChI is InChI=1S/C12H11NO4/c1-7(14)13-12-10(16)9(15)11(17-12)8-5-3-2-4-6-8/h2-6,15-16H,1H3,(H,13,14). The predicted octanol–water partition coefficient (Wildman–Crippen LogP) is 2.32. The quantitative estimate of drug-likeness (QED) is 0.743. The van der Waals surface area contributed by atoms with Crippen LogP contribution in [-0.4, -0.2) is 16.1 Å². The molecule has 0 atom stereocenters. The Morgan fingerprint density at radius 2 is 1.82 bits per heavy atom. The normalized spacial score (nSPS) is 10.2. The summed E-state index contributed by atoms with van der Waals surface area (Å²) in [5.41, 5.74) is 0.608. The average Bonchev–Trinajstić information content (AvgIpc) is 2.58. The Bertz CT molecular complexity index is 545. The summed E-state index contributed by atoms with van der Waals surface area (Å²) in [6.45, 7) is 1.28. The molecule has 1 aromatic heterocycles. The Labute approximate surface area is 97.3 Å². The number of aromatic hydroxyl groups is 2. The summed E-state index contributed by atoms with van der Waals surface area (Å²) in [5.74, 6) is -1.30. The number of hydrogen-bond donors (Lipinski definition) is 3. The second-order valence-corrected chi connectivity index (χ2v) is 3.50. The zero-order valence-electron chi connectivity index (χ0n) is 9.10. The Kier molecular flexibility index (Phi) is 2.74. The molecular formula is C12H11NO4. The van der Waals surface area contributed by atoms with Crippen LogP contribution in [0.4, 0.5) is 5.88 Å². The van der Waals surface area contributed by atoms with Crippen LogP contribution in [0.3, 0.4) is 0 Å². The molecule has 5 nitrogen and oxygen atoms in total. The number of benzene rings is 1. The Morgan fingerprint density at radius 3 is 2.41 bits per heavy atom. The topological polar surface area (TPSA) is 82.7 Å². The monoisotopic (exact) mass is 233 g/mol. The van der Waals surface area contributed by atoms with Crippen LogP contribution in [0.1, 0.15) is 6.92 Å². The first-order chi connectivity index (χ1) is 8.09. The van der Waals surface area contributed by atoms with E-state index in [0.29, 0.717) is 5.56 Å². The summed E-state index contributed by atoms with van der Waals surface area (Å²) in [4.78, 5) is 10.9. The fourth-order valence-corrected chi connectivity index (χ4v) is 1.44. The van der Waals surface area contributed by atoms with Gasteiger partial charge < -0.3 is 14.6 Å². The Morgan fingerprint density at radius 1 is 1.18 bits per heavy atom. The maximum atomic E-state index is 10.9. The van der Waals surface area contributed by atoms with Crippen LogP contribution in [0.2, 0.25) is 0 Å². The minimum Gasteiger partial charge on any atom is -0.502 e. The van der Waals surface area contributed by atoms with Crippen molar-refractivity contribution in [1.82, 2.24) is 0 Å². The minimum absolute atomic E-state index is 0.117. The SMILES string of the molecule is CC(=O)Nc1oc(-c2ccccc2)c(O)c1O. The van der Waals surface area contributed by atoms with Gasteiger partial charge >= 0.3 is 0 Å². The van der Waals surface area contributed by atoms with Gasteiger partial charge in [0.15, 0.2) is 5.76 Å². The molecule has 5 heteroatoms. The molecule has 1 heterocycles. The van der Waals surface area contributed by atoms with Crippen LogP contribution >= 0.6 is 0 Å². The third-order valence-electron chi connectivity index (χ3n) is 2.18. The number of amides is 1. The fraction of sp³-hybridized carbons (Fsp3) is 0.0833. The van der Waals surface area contributed by atoms with Gasteiger partial charge in [0.05, 0.1) is 0 Å². The Balaban J connectivity index is 2.46. The van der Waals surface area contributed by atoms with Crippen LogP contribution in [-0.2, 0) is 4.79 Å². The lowest BCUT2D eigenvalue weighted by molar-refractivity contribution is -0.114. The lowest BCUT2D eigenvalue weighted by atomic mass is 10.1. The zero-order chi connectivity index (χ0) is 12.4. The van der Waals surface area contributed by atoms with E-state index in [9.17, 15) is 15.0 Å². The first-order valence-electron chi connectivity index (χ1n) is 4.97. The van der Waals surface area contributed by atoms with Gasteiger partial charge in [-0.3, -0.25) is 10.1 Å². The number of carbonyl (C=O) groups excluding carboxylic acids is 1. The summed E-state index contributed by atoms with van der Waals surface area (Å²) in [7, 11) is 0. The first-order valence-corrected chi connectivity index (χ1v) is 4.97. The third kappa shape index (κ3) is 2.08. The van der Waals surface area contributed by atoms with Gasteiger partial charge in [-0.05, 0) is 0 Å². The van der Waals surface area contributed by atoms with Crippen molar-refractivity contribution in [3.05, 3.63) is 30.3 Å². The number of rotatable bonds is 2. The lowest BCUT2D eigenvalue weighted by Crippen LogP contribution is -2.04. The number of anilines is 1. The van der Waals surface area contributed by atoms with Gasteiger partial charge in [0.25, 0.3) is 0 Å². The molecule has 2 rings (SSSR count). The second-order valence-electron chi connectivity index (χ2n) is 3.50. The van der Waals surface area contributed by atoms with Gasteiger partial charge in [-0.2, -0.15) is 0 Å². The van der Waals surface area contributed by atoms with Crippen LogP contribution in [0.15, 0.2) is 34.7 Å². The smallest absolute Gasteiger partial charge is 0.246 e. The van der Waals surface area contributed by atoms with Crippen LogP contribution in [0.25, 0.3) is 11.3 Å². The van der Waals surface area contributed by atoms with E-state index >= 15 is 0 Å². The minimum atomic E-state index is -0.473. The molecule has 88 valence electrons. The van der Waals surface area contributed by atoms with Crippen molar-refractivity contribution >= 4 is 11.8 Å². The highest BCUT2D eigenvalue weighted by atomic mass is 16.4. The van der Waals surface area contributed by atoms with Crippen molar-refractivity contribution in [3.8, 4) is 22.8 Å². The highest BCUT2D eigenvalue weighted by molar-refractivity contribution is 5.90. The number of furan rings is 1. The second kappa shape index (κ2) is 4.21. The molecular weight excluding hydrogens is 222 g/mol. The summed E-state index contributed by atoms with van der Waals surface area (Å²) in [5, 5.41) is 21.5. The molecule has 1 aromatic carbocycles. The molecule has 0 radical (unpaired) electrons. The lowest BCUT2D eigenvalue weighted by Gasteiger charge is -1.96. The maximum absolute atomic E-state index is 10.9. The van der Waals surface area contributed by atoms with Gasteiger partial charge in [-0.15, -0.1) is 0 Å². The average molecular weight is 233 g/mol. The zero-order valence-corrected chi connectivity index (χ0v) is 9.10. The maximum Gasteiger partial charge on any atom is 0.246 e. The molecule has 0 fully saturated rings. The summed E-state index contributed by atoms with van der Waals surface area (Å²) >= 11 is 0. The molecule has 0 saturated heterocycles. The molecule has 2 aromatic rings. The summed E-state index contributed by atoms with van der Waals surface area (Å²) in [6, 6.07) is 8.79. The highest BCUT2D eigenvalue weighted by Gasteiger charge is 2.20. The van der Waals surface area contributed by atoms with Gasteiger partial charge in [0.2, 0.25) is 23.3 Å². The van der Waals surface area contributed by atoms with Crippen molar-refractivity contribution in [2.75, 3.05) is 5.32 Å². The van der Waals surface area contributed by atoms with Crippen LogP contribution in [0, 0.1) is 0 Å². The van der Waals surface area contributed by atoms with Crippen LogP contribution < -0.4 is 5.32 Å². The summed E-state index contributed by atoms with van der Waals surface area (Å²) in [6.07, 6.45) is 0. The molecule has 0 bridgehead atoms. The van der Waals surface area contributed by atoms with E-state index < -0.39 is 11.7 Å². The summed E-state index contributed by atoms with van der Waals surface area (Å²) < 4.78 is 5.21. The molecule has 1 amide bonds.